The second-order valence-electron chi connectivity index (χ2n) is 10.1. The Balaban J connectivity index is 1.18. The molecule has 2 bridgehead atoms. The highest BCUT2D eigenvalue weighted by molar-refractivity contribution is 6.08. The SMILES string of the molecule is Cc1cc(C(=O)NC2C[C@H]3CC[C@@H](C2)N3C(=O)C2=Cc3ccccc3NC(=O)C2)nc2ccccc12. The smallest absolute Gasteiger partial charge is 0.270 e. The number of anilines is 1. The third kappa shape index (κ3) is 4.04. The van der Waals surface area contributed by atoms with Crippen LogP contribution in [0.25, 0.3) is 17.0 Å². The number of benzene rings is 2. The number of para-hydroxylation sites is 2. The number of carbonyl (C=O) groups is 3. The van der Waals surface area contributed by atoms with Gasteiger partial charge in [0, 0.05) is 34.8 Å². The molecule has 2 saturated heterocycles. The Labute approximate surface area is 209 Å². The predicted molar refractivity (Wildman–Crippen MR) is 138 cm³/mol. The van der Waals surface area contributed by atoms with Crippen LogP contribution in [-0.2, 0) is 9.59 Å². The van der Waals surface area contributed by atoms with Crippen molar-refractivity contribution in [2.75, 3.05) is 5.32 Å². The fraction of sp³-hybridized carbons (Fsp3) is 0.310. The Morgan fingerprint density at radius 2 is 1.75 bits per heavy atom. The molecule has 1 unspecified atom stereocenters. The summed E-state index contributed by atoms with van der Waals surface area (Å²) in [5.41, 5.74) is 4.35. The Morgan fingerprint density at radius 3 is 2.56 bits per heavy atom. The average molecular weight is 481 g/mol. The van der Waals surface area contributed by atoms with E-state index in [2.05, 4.69) is 15.6 Å². The molecule has 2 N–H and O–H groups in total. The summed E-state index contributed by atoms with van der Waals surface area (Å²) >= 11 is 0. The van der Waals surface area contributed by atoms with Crippen LogP contribution >= 0.6 is 0 Å². The molecule has 3 aliphatic rings. The van der Waals surface area contributed by atoms with Gasteiger partial charge in [-0.25, -0.2) is 4.98 Å². The molecule has 7 nitrogen and oxygen atoms in total. The zero-order valence-electron chi connectivity index (χ0n) is 20.2. The number of nitrogens with zero attached hydrogens (tertiary/aromatic N) is 2. The molecule has 1 aromatic heterocycles. The van der Waals surface area contributed by atoms with E-state index in [-0.39, 0.29) is 42.3 Å². The Bertz CT molecular complexity index is 1420. The second-order valence-corrected chi connectivity index (χ2v) is 10.1. The van der Waals surface area contributed by atoms with E-state index < -0.39 is 0 Å². The second kappa shape index (κ2) is 8.90. The first-order chi connectivity index (χ1) is 17.5. The van der Waals surface area contributed by atoms with Gasteiger partial charge in [-0.15, -0.1) is 0 Å². The zero-order chi connectivity index (χ0) is 24.8. The number of carbonyl (C=O) groups excluding carboxylic acids is 3. The first kappa shape index (κ1) is 22.5. The molecule has 2 aromatic carbocycles. The van der Waals surface area contributed by atoms with E-state index in [1.165, 1.54) is 0 Å². The third-order valence-corrected chi connectivity index (χ3v) is 7.65. The first-order valence-electron chi connectivity index (χ1n) is 12.6. The van der Waals surface area contributed by atoms with Crippen LogP contribution in [0, 0.1) is 6.92 Å². The van der Waals surface area contributed by atoms with Crippen LogP contribution in [0.3, 0.4) is 0 Å². The van der Waals surface area contributed by atoms with Gasteiger partial charge in [-0.2, -0.15) is 0 Å². The van der Waals surface area contributed by atoms with Crippen LogP contribution in [0.4, 0.5) is 5.69 Å². The lowest BCUT2D eigenvalue weighted by Crippen LogP contribution is -2.53. The monoisotopic (exact) mass is 480 g/mol. The number of aromatic nitrogens is 1. The maximum atomic E-state index is 13.6. The van der Waals surface area contributed by atoms with Gasteiger partial charge in [-0.1, -0.05) is 36.4 Å². The van der Waals surface area contributed by atoms with Crippen molar-refractivity contribution in [2.45, 2.75) is 57.2 Å². The van der Waals surface area contributed by atoms with E-state index >= 15 is 0 Å². The Kier molecular flexibility index (Phi) is 5.55. The van der Waals surface area contributed by atoms with E-state index in [0.717, 1.165) is 40.6 Å². The number of amides is 3. The number of nitrogens with one attached hydrogen (secondary N) is 2. The summed E-state index contributed by atoms with van der Waals surface area (Å²) in [6.45, 7) is 1.99. The summed E-state index contributed by atoms with van der Waals surface area (Å²) in [6, 6.07) is 17.3. The number of hydrogen-bond acceptors (Lipinski definition) is 4. The lowest BCUT2D eigenvalue weighted by Gasteiger charge is -2.39. The number of piperidine rings is 1. The number of hydrogen-bond donors (Lipinski definition) is 2. The van der Waals surface area contributed by atoms with Crippen LogP contribution in [0.1, 0.15) is 53.7 Å². The topological polar surface area (TPSA) is 91.4 Å². The van der Waals surface area contributed by atoms with Crippen molar-refractivity contribution in [3.05, 3.63) is 77.0 Å². The lowest BCUT2D eigenvalue weighted by molar-refractivity contribution is -0.132. The molecule has 0 spiro atoms. The van der Waals surface area contributed by atoms with Crippen molar-refractivity contribution in [1.29, 1.82) is 0 Å². The summed E-state index contributed by atoms with van der Waals surface area (Å²) in [5.74, 6) is -0.411. The molecular formula is C29H28N4O3. The highest BCUT2D eigenvalue weighted by Crippen LogP contribution is 2.38. The third-order valence-electron chi connectivity index (χ3n) is 7.65. The van der Waals surface area contributed by atoms with Crippen molar-refractivity contribution in [3.8, 4) is 0 Å². The van der Waals surface area contributed by atoms with Gasteiger partial charge >= 0.3 is 0 Å². The number of fused-ring (bicyclic) bond motifs is 4. The highest BCUT2D eigenvalue weighted by atomic mass is 16.2. The van der Waals surface area contributed by atoms with Crippen molar-refractivity contribution in [2.24, 2.45) is 0 Å². The molecule has 7 heteroatoms. The van der Waals surface area contributed by atoms with Gasteiger partial charge in [-0.3, -0.25) is 14.4 Å². The molecule has 3 aliphatic heterocycles. The Morgan fingerprint density at radius 1 is 1.03 bits per heavy atom. The van der Waals surface area contributed by atoms with Crippen LogP contribution < -0.4 is 10.6 Å². The van der Waals surface area contributed by atoms with Crippen molar-refractivity contribution in [1.82, 2.24) is 15.2 Å². The van der Waals surface area contributed by atoms with Gasteiger partial charge in [0.25, 0.3) is 11.8 Å². The highest BCUT2D eigenvalue weighted by Gasteiger charge is 2.44. The van der Waals surface area contributed by atoms with E-state index in [1.807, 2.05) is 72.5 Å². The van der Waals surface area contributed by atoms with Gasteiger partial charge in [0.1, 0.15) is 5.69 Å². The average Bonchev–Trinajstić information content (AvgIpc) is 3.03. The van der Waals surface area contributed by atoms with Crippen LogP contribution in [0.2, 0.25) is 0 Å². The van der Waals surface area contributed by atoms with Crippen molar-refractivity contribution in [3.63, 3.8) is 0 Å². The van der Waals surface area contributed by atoms with Crippen LogP contribution in [-0.4, -0.2) is 45.7 Å². The van der Waals surface area contributed by atoms with Gasteiger partial charge in [0.15, 0.2) is 0 Å². The minimum Gasteiger partial charge on any atom is -0.348 e. The zero-order valence-corrected chi connectivity index (χ0v) is 20.2. The summed E-state index contributed by atoms with van der Waals surface area (Å²) in [7, 11) is 0. The fourth-order valence-corrected chi connectivity index (χ4v) is 6.00. The lowest BCUT2D eigenvalue weighted by atomic mass is 9.95. The molecular weight excluding hydrogens is 452 g/mol. The van der Waals surface area contributed by atoms with Crippen molar-refractivity contribution >= 4 is 40.4 Å². The molecule has 0 radical (unpaired) electrons. The minimum atomic E-state index is -0.174. The number of pyridine rings is 1. The van der Waals surface area contributed by atoms with E-state index in [4.69, 9.17) is 0 Å². The largest absolute Gasteiger partial charge is 0.348 e. The van der Waals surface area contributed by atoms with E-state index in [0.29, 0.717) is 24.1 Å². The summed E-state index contributed by atoms with van der Waals surface area (Å²) in [5, 5.41) is 7.12. The molecule has 0 saturated carbocycles. The Hall–Kier alpha value is -4.00. The van der Waals surface area contributed by atoms with Gasteiger partial charge in [-0.05, 0) is 68.0 Å². The maximum Gasteiger partial charge on any atom is 0.270 e. The summed E-state index contributed by atoms with van der Waals surface area (Å²) in [6.07, 6.45) is 5.14. The molecule has 3 amide bonds. The molecule has 2 fully saturated rings. The standard InChI is InChI=1S/C29H28N4O3/c1-17-12-26(31-25-9-5-3-7-23(17)25)28(35)30-20-15-21-10-11-22(16-20)33(21)29(36)19-13-18-6-2-4-8-24(18)32-27(34)14-19/h2-9,12-13,20-22H,10-11,14-16H2,1H3,(H,30,35)(H,32,34)/t20?,21-,22+. The van der Waals surface area contributed by atoms with E-state index in [9.17, 15) is 14.4 Å². The minimum absolute atomic E-state index is 0.0141. The fourth-order valence-electron chi connectivity index (χ4n) is 6.00. The van der Waals surface area contributed by atoms with Gasteiger partial charge in [0.05, 0.1) is 11.9 Å². The molecule has 0 aliphatic carbocycles. The predicted octanol–water partition coefficient (Wildman–Crippen LogP) is 4.22. The normalized spacial score (nSPS) is 22.9. The molecule has 182 valence electrons. The number of aryl methyl sites for hydroxylation is 1. The molecule has 36 heavy (non-hydrogen) atoms. The first-order valence-corrected chi connectivity index (χ1v) is 12.6. The molecule has 3 atom stereocenters. The summed E-state index contributed by atoms with van der Waals surface area (Å²) in [4.78, 5) is 45.7. The van der Waals surface area contributed by atoms with Gasteiger partial charge in [0.2, 0.25) is 5.91 Å². The van der Waals surface area contributed by atoms with E-state index in [1.54, 1.807) is 0 Å². The van der Waals surface area contributed by atoms with Gasteiger partial charge < -0.3 is 15.5 Å². The maximum absolute atomic E-state index is 13.6. The van der Waals surface area contributed by atoms with Crippen LogP contribution in [0.5, 0.6) is 0 Å². The van der Waals surface area contributed by atoms with Crippen molar-refractivity contribution < 1.29 is 14.4 Å². The molecule has 6 rings (SSSR count). The molecule has 3 aromatic rings. The quantitative estimate of drug-likeness (QED) is 0.587. The number of rotatable bonds is 3. The summed E-state index contributed by atoms with van der Waals surface area (Å²) < 4.78 is 0. The van der Waals surface area contributed by atoms with Crippen LogP contribution in [0.15, 0.2) is 60.2 Å². The molecule has 4 heterocycles.